The summed E-state index contributed by atoms with van der Waals surface area (Å²) in [7, 11) is 0.431. The lowest BCUT2D eigenvalue weighted by Gasteiger charge is -2.18. The van der Waals surface area contributed by atoms with Gasteiger partial charge < -0.3 is 20.9 Å². The largest absolute Gasteiger partial charge is 0.382 e. The summed E-state index contributed by atoms with van der Waals surface area (Å²) >= 11 is 0. The molecule has 37 heavy (non-hydrogen) atoms. The molecular formula is C24H33N9O3S. The van der Waals surface area contributed by atoms with Crippen molar-refractivity contribution in [3.63, 3.8) is 0 Å². The van der Waals surface area contributed by atoms with E-state index in [9.17, 15) is 13.2 Å². The Morgan fingerprint density at radius 2 is 2.00 bits per heavy atom. The van der Waals surface area contributed by atoms with Crippen LogP contribution in [-0.2, 0) is 10.0 Å². The van der Waals surface area contributed by atoms with Crippen LogP contribution < -0.4 is 16.0 Å². The SMILES string of the molecule is CC[C@H](C)Nc1cc(Nc2ccnc(-c3cnn(S(=O)(=O)C4CC4)c3)n2)ncc1C(=O)NCCN(C)C. The maximum absolute atomic E-state index is 12.8. The number of likely N-dealkylation sites (N-methyl/N-ethyl adjacent to an activating group) is 1. The smallest absolute Gasteiger partial charge is 0.256 e. The van der Waals surface area contributed by atoms with Crippen LogP contribution >= 0.6 is 0 Å². The third-order valence-corrected chi connectivity index (χ3v) is 7.98. The first-order valence-electron chi connectivity index (χ1n) is 12.3. The molecule has 198 valence electrons. The molecule has 3 heterocycles. The molecule has 0 radical (unpaired) electrons. The molecule has 1 atom stereocenters. The normalized spacial score (nSPS) is 14.4. The number of carbonyl (C=O) groups is 1. The van der Waals surface area contributed by atoms with Crippen LogP contribution in [0, 0.1) is 0 Å². The van der Waals surface area contributed by atoms with Crippen LogP contribution in [0.4, 0.5) is 17.3 Å². The van der Waals surface area contributed by atoms with Crippen LogP contribution in [0.2, 0.25) is 0 Å². The summed E-state index contributed by atoms with van der Waals surface area (Å²) in [6.45, 7) is 5.36. The molecule has 1 saturated carbocycles. The summed E-state index contributed by atoms with van der Waals surface area (Å²) in [6.07, 6.45) is 8.18. The Morgan fingerprint density at radius 1 is 1.22 bits per heavy atom. The van der Waals surface area contributed by atoms with E-state index in [0.717, 1.165) is 17.1 Å². The molecule has 1 aliphatic carbocycles. The first-order chi connectivity index (χ1) is 17.7. The maximum Gasteiger partial charge on any atom is 0.256 e. The van der Waals surface area contributed by atoms with E-state index in [2.05, 4.69) is 42.9 Å². The summed E-state index contributed by atoms with van der Waals surface area (Å²) < 4.78 is 25.9. The second-order valence-corrected chi connectivity index (χ2v) is 11.4. The molecule has 1 amide bonds. The predicted octanol–water partition coefficient (Wildman–Crippen LogP) is 2.32. The highest BCUT2D eigenvalue weighted by Crippen LogP contribution is 2.30. The third kappa shape index (κ3) is 6.60. The van der Waals surface area contributed by atoms with Crippen LogP contribution in [0.5, 0.6) is 0 Å². The van der Waals surface area contributed by atoms with Gasteiger partial charge in [0.05, 0.1) is 34.5 Å². The van der Waals surface area contributed by atoms with E-state index in [0.29, 0.717) is 53.7 Å². The van der Waals surface area contributed by atoms with Crippen molar-refractivity contribution in [1.29, 1.82) is 0 Å². The van der Waals surface area contributed by atoms with Gasteiger partial charge in [0.15, 0.2) is 5.82 Å². The highest BCUT2D eigenvalue weighted by Gasteiger charge is 2.37. The minimum atomic E-state index is -3.47. The number of anilines is 3. The van der Waals surface area contributed by atoms with Gasteiger partial charge in [-0.05, 0) is 46.3 Å². The van der Waals surface area contributed by atoms with Crippen molar-refractivity contribution in [2.75, 3.05) is 37.8 Å². The lowest BCUT2D eigenvalue weighted by molar-refractivity contribution is 0.0951. The van der Waals surface area contributed by atoms with Gasteiger partial charge in [0.2, 0.25) is 0 Å². The van der Waals surface area contributed by atoms with Gasteiger partial charge in [-0.3, -0.25) is 4.79 Å². The molecule has 0 bridgehead atoms. The van der Waals surface area contributed by atoms with Crippen LogP contribution in [0.1, 0.15) is 43.5 Å². The molecule has 4 rings (SSSR count). The molecule has 3 aromatic heterocycles. The van der Waals surface area contributed by atoms with Gasteiger partial charge >= 0.3 is 0 Å². The van der Waals surface area contributed by atoms with E-state index in [1.54, 1.807) is 18.3 Å². The molecule has 1 fully saturated rings. The van der Waals surface area contributed by atoms with Gasteiger partial charge in [0.25, 0.3) is 15.9 Å². The Kier molecular flexibility index (Phi) is 8.03. The Morgan fingerprint density at radius 3 is 2.70 bits per heavy atom. The van der Waals surface area contributed by atoms with Crippen molar-refractivity contribution in [2.45, 2.75) is 44.4 Å². The van der Waals surface area contributed by atoms with Crippen LogP contribution in [-0.4, -0.2) is 81.8 Å². The number of amides is 1. The Hall–Kier alpha value is -3.58. The minimum Gasteiger partial charge on any atom is -0.382 e. The first-order valence-corrected chi connectivity index (χ1v) is 13.8. The number of aromatic nitrogens is 5. The Balaban J connectivity index is 1.53. The van der Waals surface area contributed by atoms with Crippen molar-refractivity contribution in [3.05, 3.63) is 42.5 Å². The number of hydrogen-bond donors (Lipinski definition) is 3. The number of rotatable bonds is 12. The van der Waals surface area contributed by atoms with E-state index >= 15 is 0 Å². The standard InChI is InChI=1S/C24H33N9O3S/c1-5-16(2)29-20-12-22(27-14-19(20)24(34)26-10-11-32(3)4)30-21-8-9-25-23(31-21)17-13-28-33(15-17)37(35,36)18-6-7-18/h8-9,12-16,18H,5-7,10-11H2,1-4H3,(H,26,34)(H2,25,27,29,30,31)/t16-/m0/s1. The van der Waals surface area contributed by atoms with Crippen LogP contribution in [0.25, 0.3) is 11.4 Å². The maximum atomic E-state index is 12.8. The second kappa shape index (κ2) is 11.2. The molecule has 0 spiro atoms. The van der Waals surface area contributed by atoms with Gasteiger partial charge in [-0.2, -0.15) is 9.19 Å². The fourth-order valence-corrected chi connectivity index (χ4v) is 4.93. The summed E-state index contributed by atoms with van der Waals surface area (Å²) in [4.78, 5) is 28.0. The molecule has 1 aliphatic rings. The topological polar surface area (TPSA) is 147 Å². The highest BCUT2D eigenvalue weighted by atomic mass is 32.2. The van der Waals surface area contributed by atoms with Crippen molar-refractivity contribution in [2.24, 2.45) is 0 Å². The zero-order valence-electron chi connectivity index (χ0n) is 21.5. The summed E-state index contributed by atoms with van der Waals surface area (Å²) in [6, 6.07) is 3.60. The number of nitrogens with zero attached hydrogens (tertiary/aromatic N) is 6. The zero-order chi connectivity index (χ0) is 26.6. The Labute approximate surface area is 217 Å². The van der Waals surface area contributed by atoms with E-state index in [1.807, 2.05) is 25.9 Å². The summed E-state index contributed by atoms with van der Waals surface area (Å²) in [5, 5.41) is 13.1. The second-order valence-electron chi connectivity index (χ2n) is 9.36. The van der Waals surface area contributed by atoms with Crippen molar-refractivity contribution < 1.29 is 13.2 Å². The van der Waals surface area contributed by atoms with Gasteiger partial charge in [-0.25, -0.2) is 23.4 Å². The fraction of sp³-hybridized carbons (Fsp3) is 0.458. The highest BCUT2D eigenvalue weighted by molar-refractivity contribution is 7.90. The van der Waals surface area contributed by atoms with E-state index in [1.165, 1.54) is 18.6 Å². The van der Waals surface area contributed by atoms with Gasteiger partial charge in [-0.1, -0.05) is 6.92 Å². The molecule has 0 saturated heterocycles. The van der Waals surface area contributed by atoms with Crippen LogP contribution in [0.3, 0.4) is 0 Å². The van der Waals surface area contributed by atoms with E-state index in [-0.39, 0.29) is 17.2 Å². The molecule has 3 N–H and O–H groups in total. The quantitative estimate of drug-likeness (QED) is 0.320. The zero-order valence-corrected chi connectivity index (χ0v) is 22.3. The molecule has 0 aromatic carbocycles. The van der Waals surface area contributed by atoms with E-state index < -0.39 is 10.0 Å². The number of nitrogens with one attached hydrogen (secondary N) is 3. The third-order valence-electron chi connectivity index (χ3n) is 5.94. The Bertz CT molecular complexity index is 1350. The first kappa shape index (κ1) is 26.5. The van der Waals surface area contributed by atoms with Gasteiger partial charge in [0.1, 0.15) is 11.6 Å². The van der Waals surface area contributed by atoms with Gasteiger partial charge in [0, 0.05) is 37.6 Å². The molecule has 0 unspecified atom stereocenters. The van der Waals surface area contributed by atoms with E-state index in [4.69, 9.17) is 0 Å². The molecule has 0 aliphatic heterocycles. The summed E-state index contributed by atoms with van der Waals surface area (Å²) in [5.74, 6) is 1.09. The van der Waals surface area contributed by atoms with Crippen LogP contribution in [0.15, 0.2) is 36.9 Å². The molecule has 3 aromatic rings. The fourth-order valence-electron chi connectivity index (χ4n) is 3.46. The predicted molar refractivity (Wildman–Crippen MR) is 142 cm³/mol. The van der Waals surface area contributed by atoms with Gasteiger partial charge in [-0.15, -0.1) is 0 Å². The number of pyridine rings is 1. The number of carbonyl (C=O) groups excluding carboxylic acids is 1. The average Bonchev–Trinajstić information content (AvgIpc) is 3.61. The average molecular weight is 528 g/mol. The monoisotopic (exact) mass is 527 g/mol. The lowest BCUT2D eigenvalue weighted by atomic mass is 10.1. The van der Waals surface area contributed by atoms with Crippen molar-refractivity contribution in [3.8, 4) is 11.4 Å². The number of hydrogen-bond acceptors (Lipinski definition) is 10. The lowest BCUT2D eigenvalue weighted by Crippen LogP contribution is -2.32. The molecular weight excluding hydrogens is 494 g/mol. The summed E-state index contributed by atoms with van der Waals surface area (Å²) in [5.41, 5.74) is 1.61. The van der Waals surface area contributed by atoms with Crippen molar-refractivity contribution in [1.82, 2.24) is 34.4 Å². The molecule has 12 nitrogen and oxygen atoms in total. The minimum absolute atomic E-state index is 0.151. The van der Waals surface area contributed by atoms with Crippen molar-refractivity contribution >= 4 is 33.3 Å². The molecule has 13 heteroatoms.